The van der Waals surface area contributed by atoms with Crippen LogP contribution in [0.2, 0.25) is 0 Å². The largest absolute Gasteiger partial charge is 0.381 e. The van der Waals surface area contributed by atoms with E-state index >= 15 is 0 Å². The number of rotatable bonds is 4. The lowest BCUT2D eigenvalue weighted by Crippen LogP contribution is -2.55. The van der Waals surface area contributed by atoms with Gasteiger partial charge < -0.3 is 10.5 Å². The Morgan fingerprint density at radius 2 is 2.00 bits per heavy atom. The van der Waals surface area contributed by atoms with E-state index < -0.39 is 0 Å². The van der Waals surface area contributed by atoms with Crippen LogP contribution in [0, 0.1) is 11.3 Å². The Labute approximate surface area is 111 Å². The van der Waals surface area contributed by atoms with Crippen molar-refractivity contribution in [2.75, 3.05) is 32.8 Å². The molecule has 0 aromatic heterocycles. The molecule has 3 heteroatoms. The van der Waals surface area contributed by atoms with Crippen LogP contribution in [0.25, 0.3) is 0 Å². The molecule has 0 amide bonds. The summed E-state index contributed by atoms with van der Waals surface area (Å²) in [7, 11) is 0. The summed E-state index contributed by atoms with van der Waals surface area (Å²) in [5.41, 5.74) is 7.07. The highest BCUT2D eigenvalue weighted by molar-refractivity contribution is 5.06. The Hall–Kier alpha value is -0.120. The van der Waals surface area contributed by atoms with E-state index in [9.17, 15) is 0 Å². The van der Waals surface area contributed by atoms with Crippen LogP contribution < -0.4 is 5.73 Å². The van der Waals surface area contributed by atoms with Crippen LogP contribution in [-0.2, 0) is 4.74 Å². The summed E-state index contributed by atoms with van der Waals surface area (Å²) in [5.74, 6) is 0.877. The molecule has 0 aromatic rings. The van der Waals surface area contributed by atoms with Crippen molar-refractivity contribution in [3.63, 3.8) is 0 Å². The number of hydrogen-bond donors (Lipinski definition) is 1. The van der Waals surface area contributed by atoms with E-state index in [2.05, 4.69) is 11.8 Å². The molecule has 3 nitrogen and oxygen atoms in total. The topological polar surface area (TPSA) is 38.5 Å². The van der Waals surface area contributed by atoms with Gasteiger partial charge in [0.15, 0.2) is 0 Å². The molecule has 104 valence electrons. The average Bonchev–Trinajstić information content (AvgIpc) is 3.18. The summed E-state index contributed by atoms with van der Waals surface area (Å²) >= 11 is 0. The number of nitrogens with two attached hydrogens (primary N) is 1. The van der Waals surface area contributed by atoms with Gasteiger partial charge in [-0.3, -0.25) is 4.90 Å². The maximum absolute atomic E-state index is 6.19. The minimum atomic E-state index is 0.321. The highest BCUT2D eigenvalue weighted by atomic mass is 16.5. The zero-order valence-corrected chi connectivity index (χ0v) is 11.8. The van der Waals surface area contributed by atoms with Crippen molar-refractivity contribution >= 4 is 0 Å². The minimum Gasteiger partial charge on any atom is -0.381 e. The van der Waals surface area contributed by atoms with Crippen molar-refractivity contribution in [3.8, 4) is 0 Å². The van der Waals surface area contributed by atoms with E-state index in [0.717, 1.165) is 25.7 Å². The first-order valence-corrected chi connectivity index (χ1v) is 7.78. The first-order valence-electron chi connectivity index (χ1n) is 7.78. The molecule has 3 aliphatic rings. The summed E-state index contributed by atoms with van der Waals surface area (Å²) in [6.07, 6.45) is 7.91. The molecule has 0 radical (unpaired) electrons. The molecule has 0 bridgehead atoms. The van der Waals surface area contributed by atoms with Gasteiger partial charge in [-0.1, -0.05) is 6.92 Å². The Bertz CT molecular complexity index is 291. The van der Waals surface area contributed by atoms with E-state index in [0.29, 0.717) is 11.0 Å². The summed E-state index contributed by atoms with van der Waals surface area (Å²) in [6.45, 7) is 7.67. The average molecular weight is 252 g/mol. The molecule has 18 heavy (non-hydrogen) atoms. The van der Waals surface area contributed by atoms with Crippen molar-refractivity contribution in [3.05, 3.63) is 0 Å². The molecule has 1 saturated carbocycles. The molecule has 1 spiro atoms. The summed E-state index contributed by atoms with van der Waals surface area (Å²) in [5, 5.41) is 0. The fourth-order valence-corrected chi connectivity index (χ4v) is 4.36. The monoisotopic (exact) mass is 252 g/mol. The molecular weight excluding hydrogens is 224 g/mol. The lowest BCUT2D eigenvalue weighted by molar-refractivity contribution is 0.00687. The third kappa shape index (κ3) is 2.00. The van der Waals surface area contributed by atoms with Crippen molar-refractivity contribution in [1.82, 2.24) is 4.90 Å². The van der Waals surface area contributed by atoms with Gasteiger partial charge in [0.25, 0.3) is 0 Å². The molecule has 1 atom stereocenters. The molecule has 1 aliphatic carbocycles. The van der Waals surface area contributed by atoms with E-state index in [1.54, 1.807) is 0 Å². The zero-order valence-electron chi connectivity index (χ0n) is 11.8. The van der Waals surface area contributed by atoms with Crippen LogP contribution in [0.3, 0.4) is 0 Å². The third-order valence-electron chi connectivity index (χ3n) is 5.92. The lowest BCUT2D eigenvalue weighted by atomic mass is 9.79. The third-order valence-corrected chi connectivity index (χ3v) is 5.92. The predicted molar refractivity (Wildman–Crippen MR) is 73.5 cm³/mol. The lowest BCUT2D eigenvalue weighted by Gasteiger charge is -2.43. The van der Waals surface area contributed by atoms with Crippen LogP contribution in [0.5, 0.6) is 0 Å². The molecular formula is C15H28N2O. The van der Waals surface area contributed by atoms with Gasteiger partial charge in [-0.25, -0.2) is 0 Å². The molecule has 3 fully saturated rings. The minimum absolute atomic E-state index is 0.321. The van der Waals surface area contributed by atoms with Gasteiger partial charge in [-0.15, -0.1) is 0 Å². The number of hydrogen-bond acceptors (Lipinski definition) is 3. The SMILES string of the molecule is CCC(CN)(C1CC1)N1CCC2(CCOCC2)C1. The van der Waals surface area contributed by atoms with Crippen molar-refractivity contribution in [2.45, 2.75) is 51.0 Å². The summed E-state index contributed by atoms with van der Waals surface area (Å²) in [6, 6.07) is 0. The second-order valence-electron chi connectivity index (χ2n) is 6.72. The van der Waals surface area contributed by atoms with E-state index in [1.807, 2.05) is 0 Å². The maximum atomic E-state index is 6.19. The van der Waals surface area contributed by atoms with Crippen LogP contribution in [-0.4, -0.2) is 43.3 Å². The molecule has 2 heterocycles. The summed E-state index contributed by atoms with van der Waals surface area (Å²) < 4.78 is 5.55. The Morgan fingerprint density at radius 1 is 1.28 bits per heavy atom. The maximum Gasteiger partial charge on any atom is 0.0471 e. The van der Waals surface area contributed by atoms with Gasteiger partial charge in [-0.2, -0.15) is 0 Å². The molecule has 1 unspecified atom stereocenters. The molecule has 2 saturated heterocycles. The standard InChI is InChI=1S/C15H28N2O/c1-2-15(11-16,13-3-4-13)17-8-5-14(12-17)6-9-18-10-7-14/h13H,2-12,16H2,1H3. The van der Waals surface area contributed by atoms with E-state index in [-0.39, 0.29) is 0 Å². The first-order chi connectivity index (χ1) is 8.75. The number of ether oxygens (including phenoxy) is 1. The predicted octanol–water partition coefficient (Wildman–Crippen LogP) is 2.01. The van der Waals surface area contributed by atoms with Crippen LogP contribution in [0.15, 0.2) is 0 Å². The van der Waals surface area contributed by atoms with Gasteiger partial charge in [-0.05, 0) is 56.4 Å². The van der Waals surface area contributed by atoms with Gasteiger partial charge >= 0.3 is 0 Å². The molecule has 2 N–H and O–H groups in total. The fraction of sp³-hybridized carbons (Fsp3) is 1.00. The smallest absolute Gasteiger partial charge is 0.0471 e. The fourth-order valence-electron chi connectivity index (χ4n) is 4.36. The zero-order chi connectivity index (χ0) is 12.6. The molecule has 3 rings (SSSR count). The first kappa shape index (κ1) is 12.9. The van der Waals surface area contributed by atoms with Crippen molar-refractivity contribution in [1.29, 1.82) is 0 Å². The highest BCUT2D eigenvalue weighted by Gasteiger charge is 2.51. The van der Waals surface area contributed by atoms with Crippen LogP contribution in [0.1, 0.15) is 45.4 Å². The normalized spacial score (nSPS) is 31.7. The quantitative estimate of drug-likeness (QED) is 0.832. The Kier molecular flexibility index (Phi) is 3.41. The van der Waals surface area contributed by atoms with Gasteiger partial charge in [0.1, 0.15) is 0 Å². The van der Waals surface area contributed by atoms with Gasteiger partial charge in [0.05, 0.1) is 0 Å². The number of nitrogens with zero attached hydrogens (tertiary/aromatic N) is 1. The van der Waals surface area contributed by atoms with Crippen molar-refractivity contribution in [2.24, 2.45) is 17.1 Å². The second-order valence-corrected chi connectivity index (χ2v) is 6.72. The van der Waals surface area contributed by atoms with Gasteiger partial charge in [0, 0.05) is 31.8 Å². The van der Waals surface area contributed by atoms with Crippen molar-refractivity contribution < 1.29 is 4.74 Å². The molecule has 0 aromatic carbocycles. The van der Waals surface area contributed by atoms with E-state index in [1.165, 1.54) is 51.6 Å². The summed E-state index contributed by atoms with van der Waals surface area (Å²) in [4.78, 5) is 2.76. The van der Waals surface area contributed by atoms with Crippen LogP contribution in [0.4, 0.5) is 0 Å². The highest BCUT2D eigenvalue weighted by Crippen LogP contribution is 2.49. The van der Waals surface area contributed by atoms with E-state index in [4.69, 9.17) is 10.5 Å². The van der Waals surface area contributed by atoms with Crippen LogP contribution >= 0.6 is 0 Å². The Balaban J connectivity index is 1.73. The second kappa shape index (κ2) is 4.77. The van der Waals surface area contributed by atoms with Gasteiger partial charge in [0.2, 0.25) is 0 Å². The Morgan fingerprint density at radius 3 is 2.56 bits per heavy atom. The number of likely N-dealkylation sites (tertiary alicyclic amines) is 1. The molecule has 2 aliphatic heterocycles.